The average Bonchev–Trinajstić information content (AvgIpc) is 2.37. The predicted molar refractivity (Wildman–Crippen MR) is 71.6 cm³/mol. The molecule has 1 aromatic carbocycles. The first-order chi connectivity index (χ1) is 9.02. The van der Waals surface area contributed by atoms with Crippen molar-refractivity contribution in [2.75, 3.05) is 13.7 Å². The lowest BCUT2D eigenvalue weighted by molar-refractivity contribution is -0.131. The summed E-state index contributed by atoms with van der Waals surface area (Å²) >= 11 is 0. The maximum atomic E-state index is 11.5. The molecule has 0 unspecified atom stereocenters. The number of hydrogen-bond acceptors (Lipinski definition) is 3. The van der Waals surface area contributed by atoms with E-state index in [1.807, 2.05) is 18.2 Å². The van der Waals surface area contributed by atoms with Crippen molar-refractivity contribution in [3.05, 3.63) is 41.5 Å². The van der Waals surface area contributed by atoms with Gasteiger partial charge in [-0.2, -0.15) is 0 Å². The maximum Gasteiger partial charge on any atom is 0.409 e. The molecule has 0 atom stereocenters. The molecular formula is C14H17NO4. The van der Waals surface area contributed by atoms with E-state index in [1.165, 1.54) is 11.0 Å². The Morgan fingerprint density at radius 3 is 2.79 bits per heavy atom. The lowest BCUT2D eigenvalue weighted by Crippen LogP contribution is -2.26. The van der Waals surface area contributed by atoms with Gasteiger partial charge in [0, 0.05) is 19.7 Å². The number of hydrogen-bond donors (Lipinski definition) is 1. The number of benzene rings is 1. The Morgan fingerprint density at radius 1 is 1.42 bits per heavy atom. The van der Waals surface area contributed by atoms with Gasteiger partial charge in [0.05, 0.1) is 6.61 Å². The fraction of sp³-hybridized carbons (Fsp3) is 0.286. The Kier molecular flexibility index (Phi) is 5.60. The molecule has 0 aliphatic heterocycles. The van der Waals surface area contributed by atoms with Crippen LogP contribution in [0.1, 0.15) is 18.1 Å². The quantitative estimate of drug-likeness (QED) is 0.828. The third-order valence-electron chi connectivity index (χ3n) is 2.37. The summed E-state index contributed by atoms with van der Waals surface area (Å²) in [5.74, 6) is -0.992. The van der Waals surface area contributed by atoms with Crippen LogP contribution in [0.3, 0.4) is 0 Å². The summed E-state index contributed by atoms with van der Waals surface area (Å²) in [4.78, 5) is 23.4. The van der Waals surface area contributed by atoms with Crippen molar-refractivity contribution in [2.24, 2.45) is 0 Å². The molecule has 0 saturated carbocycles. The van der Waals surface area contributed by atoms with Gasteiger partial charge >= 0.3 is 12.1 Å². The molecular weight excluding hydrogens is 246 g/mol. The van der Waals surface area contributed by atoms with Crippen molar-refractivity contribution >= 4 is 18.1 Å². The molecule has 1 N–H and O–H groups in total. The molecule has 1 amide bonds. The lowest BCUT2D eigenvalue weighted by atomic mass is 10.1. The smallest absolute Gasteiger partial charge is 0.409 e. The van der Waals surface area contributed by atoms with Crippen molar-refractivity contribution in [1.82, 2.24) is 4.90 Å². The van der Waals surface area contributed by atoms with E-state index in [4.69, 9.17) is 9.84 Å². The number of carbonyl (C=O) groups excluding carboxylic acids is 1. The monoisotopic (exact) mass is 263 g/mol. The first-order valence-electron chi connectivity index (χ1n) is 5.90. The molecule has 0 saturated heterocycles. The Morgan fingerprint density at radius 2 is 2.16 bits per heavy atom. The highest BCUT2D eigenvalue weighted by Gasteiger charge is 2.09. The molecule has 5 nitrogen and oxygen atoms in total. The van der Waals surface area contributed by atoms with Gasteiger partial charge in [0.1, 0.15) is 0 Å². The summed E-state index contributed by atoms with van der Waals surface area (Å²) in [5, 5.41) is 8.57. The van der Waals surface area contributed by atoms with Crippen molar-refractivity contribution in [1.29, 1.82) is 0 Å². The molecule has 0 fully saturated rings. The summed E-state index contributed by atoms with van der Waals surface area (Å²) in [6.45, 7) is 2.50. The minimum absolute atomic E-state index is 0.338. The Bertz CT molecular complexity index is 482. The number of carbonyl (C=O) groups is 2. The van der Waals surface area contributed by atoms with Crippen LogP contribution in [0.2, 0.25) is 0 Å². The van der Waals surface area contributed by atoms with Crippen LogP contribution >= 0.6 is 0 Å². The van der Waals surface area contributed by atoms with Crippen LogP contribution in [0.25, 0.3) is 6.08 Å². The highest BCUT2D eigenvalue weighted by molar-refractivity contribution is 5.85. The van der Waals surface area contributed by atoms with Crippen LogP contribution in [-0.4, -0.2) is 35.7 Å². The highest BCUT2D eigenvalue weighted by atomic mass is 16.5. The summed E-state index contributed by atoms with van der Waals surface area (Å²) in [6.07, 6.45) is 2.21. The number of nitrogens with zero attached hydrogens (tertiary/aromatic N) is 1. The molecule has 0 bridgehead atoms. The fourth-order valence-corrected chi connectivity index (χ4v) is 1.53. The van der Waals surface area contributed by atoms with E-state index < -0.39 is 5.97 Å². The van der Waals surface area contributed by atoms with Crippen molar-refractivity contribution in [3.8, 4) is 0 Å². The number of carboxylic acid groups (broad SMARTS) is 1. The molecule has 1 rings (SSSR count). The van der Waals surface area contributed by atoms with E-state index in [0.29, 0.717) is 13.2 Å². The molecule has 5 heteroatoms. The van der Waals surface area contributed by atoms with Crippen LogP contribution in [0.4, 0.5) is 4.79 Å². The second kappa shape index (κ2) is 7.20. The van der Waals surface area contributed by atoms with Gasteiger partial charge in [-0.05, 0) is 30.2 Å². The van der Waals surface area contributed by atoms with Gasteiger partial charge in [-0.15, -0.1) is 0 Å². The highest BCUT2D eigenvalue weighted by Crippen LogP contribution is 2.10. The maximum absolute atomic E-state index is 11.5. The average molecular weight is 263 g/mol. The fourth-order valence-electron chi connectivity index (χ4n) is 1.53. The van der Waals surface area contributed by atoms with E-state index in [0.717, 1.165) is 17.2 Å². The lowest BCUT2D eigenvalue weighted by Gasteiger charge is -2.16. The van der Waals surface area contributed by atoms with E-state index >= 15 is 0 Å². The SMILES string of the molecule is CCOC(=O)N(C)Cc1cccc(/C=C/C(=O)O)c1. The molecule has 0 radical (unpaired) electrons. The molecule has 0 heterocycles. The second-order valence-corrected chi connectivity index (χ2v) is 3.97. The van der Waals surface area contributed by atoms with Gasteiger partial charge in [-0.25, -0.2) is 9.59 Å². The van der Waals surface area contributed by atoms with E-state index in [1.54, 1.807) is 20.0 Å². The van der Waals surface area contributed by atoms with Crippen LogP contribution in [0.15, 0.2) is 30.3 Å². The molecule has 1 aromatic rings. The van der Waals surface area contributed by atoms with Crippen molar-refractivity contribution < 1.29 is 19.4 Å². The first-order valence-corrected chi connectivity index (χ1v) is 5.90. The van der Waals surface area contributed by atoms with E-state index in [2.05, 4.69) is 0 Å². The molecule has 0 spiro atoms. The van der Waals surface area contributed by atoms with Crippen LogP contribution < -0.4 is 0 Å². The van der Waals surface area contributed by atoms with E-state index in [-0.39, 0.29) is 6.09 Å². The largest absolute Gasteiger partial charge is 0.478 e. The number of carboxylic acids is 1. The standard InChI is InChI=1S/C14H17NO4/c1-3-19-14(18)15(2)10-12-6-4-5-11(9-12)7-8-13(16)17/h4-9H,3,10H2,1-2H3,(H,16,17)/b8-7+. The number of rotatable bonds is 5. The molecule has 0 aliphatic rings. The van der Waals surface area contributed by atoms with Gasteiger partial charge < -0.3 is 14.7 Å². The Hall–Kier alpha value is -2.30. The zero-order valence-corrected chi connectivity index (χ0v) is 11.0. The summed E-state index contributed by atoms with van der Waals surface area (Å²) < 4.78 is 4.88. The minimum Gasteiger partial charge on any atom is -0.478 e. The second-order valence-electron chi connectivity index (χ2n) is 3.97. The molecule has 0 aliphatic carbocycles. The summed E-state index contributed by atoms with van der Waals surface area (Å²) in [6, 6.07) is 7.31. The van der Waals surface area contributed by atoms with E-state index in [9.17, 15) is 9.59 Å². The van der Waals surface area contributed by atoms with Gasteiger partial charge in [0.25, 0.3) is 0 Å². The van der Waals surface area contributed by atoms with Crippen molar-refractivity contribution in [2.45, 2.75) is 13.5 Å². The molecule has 0 aromatic heterocycles. The Labute approximate surface area is 112 Å². The topological polar surface area (TPSA) is 66.8 Å². The number of ether oxygens (including phenoxy) is 1. The number of aliphatic carboxylic acids is 1. The van der Waals surface area contributed by atoms with Crippen molar-refractivity contribution in [3.63, 3.8) is 0 Å². The molecule has 19 heavy (non-hydrogen) atoms. The van der Waals surface area contributed by atoms with Gasteiger partial charge in [0.2, 0.25) is 0 Å². The normalized spacial score (nSPS) is 10.4. The Balaban J connectivity index is 2.71. The van der Waals surface area contributed by atoms with Gasteiger partial charge in [-0.1, -0.05) is 18.2 Å². The summed E-state index contributed by atoms with van der Waals surface area (Å²) in [7, 11) is 1.65. The summed E-state index contributed by atoms with van der Waals surface area (Å²) in [5.41, 5.74) is 1.68. The first kappa shape index (κ1) is 14.8. The zero-order valence-electron chi connectivity index (χ0n) is 11.0. The third kappa shape index (κ3) is 5.25. The van der Waals surface area contributed by atoms with Crippen LogP contribution in [0.5, 0.6) is 0 Å². The molecule has 102 valence electrons. The number of amides is 1. The third-order valence-corrected chi connectivity index (χ3v) is 2.37. The zero-order chi connectivity index (χ0) is 14.3. The van der Waals surface area contributed by atoms with Gasteiger partial charge in [-0.3, -0.25) is 0 Å². The van der Waals surface area contributed by atoms with Crippen LogP contribution in [0, 0.1) is 0 Å². The predicted octanol–water partition coefficient (Wildman–Crippen LogP) is 2.37. The van der Waals surface area contributed by atoms with Crippen LogP contribution in [-0.2, 0) is 16.1 Å². The van der Waals surface area contributed by atoms with Gasteiger partial charge in [0.15, 0.2) is 0 Å². The minimum atomic E-state index is -0.992.